The number of allylic oxidation sites excluding steroid dienone is 2. The van der Waals surface area contributed by atoms with E-state index in [1.54, 1.807) is 12.2 Å². The first-order valence-electron chi connectivity index (χ1n) is 4.39. The molecule has 0 fully saturated rings. The highest BCUT2D eigenvalue weighted by molar-refractivity contribution is 5.12. The van der Waals surface area contributed by atoms with Crippen molar-refractivity contribution in [2.75, 3.05) is 6.61 Å². The lowest BCUT2D eigenvalue weighted by Gasteiger charge is -2.12. The molecular formula is C10H15F3O. The van der Waals surface area contributed by atoms with Crippen LogP contribution in [-0.4, -0.2) is 13.0 Å². The maximum atomic E-state index is 11.6. The average molecular weight is 208 g/mol. The quantitative estimate of drug-likeness (QED) is 0.626. The molecule has 0 saturated carbocycles. The van der Waals surface area contributed by atoms with Crippen molar-refractivity contribution in [2.45, 2.75) is 26.6 Å². The lowest BCUT2D eigenvalue weighted by atomic mass is 10.0. The SMILES string of the molecule is C=C/C=C(\CCOC(F)(F)F)C(C)C. The summed E-state index contributed by atoms with van der Waals surface area (Å²) in [6, 6.07) is 0. The fourth-order valence-electron chi connectivity index (χ4n) is 1.00. The molecule has 0 N–H and O–H groups in total. The Morgan fingerprint density at radius 1 is 1.43 bits per heavy atom. The number of halogens is 3. The molecule has 0 spiro atoms. The van der Waals surface area contributed by atoms with Gasteiger partial charge >= 0.3 is 6.36 Å². The third-order valence-corrected chi connectivity index (χ3v) is 1.73. The zero-order valence-electron chi connectivity index (χ0n) is 8.40. The van der Waals surface area contributed by atoms with Crippen molar-refractivity contribution in [3.8, 4) is 0 Å². The Morgan fingerprint density at radius 2 is 2.00 bits per heavy atom. The standard InChI is InChI=1S/C10H15F3O/c1-4-5-9(8(2)3)6-7-14-10(11,12)13/h4-5,8H,1,6-7H2,2-3H3/b9-5+. The van der Waals surface area contributed by atoms with E-state index in [1.165, 1.54) is 0 Å². The van der Waals surface area contributed by atoms with E-state index in [4.69, 9.17) is 0 Å². The third kappa shape index (κ3) is 6.71. The van der Waals surface area contributed by atoms with Crippen LogP contribution in [0.5, 0.6) is 0 Å². The molecule has 0 aromatic carbocycles. The fraction of sp³-hybridized carbons (Fsp3) is 0.600. The maximum absolute atomic E-state index is 11.6. The second-order valence-electron chi connectivity index (χ2n) is 3.18. The second-order valence-corrected chi connectivity index (χ2v) is 3.18. The largest absolute Gasteiger partial charge is 0.522 e. The molecule has 82 valence electrons. The van der Waals surface area contributed by atoms with Gasteiger partial charge in [-0.15, -0.1) is 13.2 Å². The topological polar surface area (TPSA) is 9.23 Å². The molecule has 0 unspecified atom stereocenters. The van der Waals surface area contributed by atoms with Crippen LogP contribution in [0, 0.1) is 5.92 Å². The van der Waals surface area contributed by atoms with Crippen molar-refractivity contribution in [2.24, 2.45) is 5.92 Å². The minimum absolute atomic E-state index is 0.213. The van der Waals surface area contributed by atoms with Gasteiger partial charge in [-0.25, -0.2) is 0 Å². The van der Waals surface area contributed by atoms with Crippen molar-refractivity contribution >= 4 is 0 Å². The third-order valence-electron chi connectivity index (χ3n) is 1.73. The van der Waals surface area contributed by atoms with E-state index in [-0.39, 0.29) is 18.9 Å². The van der Waals surface area contributed by atoms with Gasteiger partial charge in [0.25, 0.3) is 0 Å². The fourth-order valence-corrected chi connectivity index (χ4v) is 1.00. The van der Waals surface area contributed by atoms with Gasteiger partial charge in [-0.2, -0.15) is 0 Å². The van der Waals surface area contributed by atoms with Gasteiger partial charge in [0, 0.05) is 0 Å². The first-order chi connectivity index (χ1) is 6.37. The van der Waals surface area contributed by atoms with Crippen molar-refractivity contribution < 1.29 is 17.9 Å². The molecule has 0 aliphatic rings. The van der Waals surface area contributed by atoms with E-state index >= 15 is 0 Å². The summed E-state index contributed by atoms with van der Waals surface area (Å²) in [5.74, 6) is 0.213. The molecule has 0 aliphatic heterocycles. The van der Waals surface area contributed by atoms with Crippen LogP contribution in [0.15, 0.2) is 24.3 Å². The predicted octanol–water partition coefficient (Wildman–Crippen LogP) is 3.68. The van der Waals surface area contributed by atoms with Crippen LogP contribution in [0.25, 0.3) is 0 Å². The predicted molar refractivity (Wildman–Crippen MR) is 49.7 cm³/mol. The Balaban J connectivity index is 3.97. The van der Waals surface area contributed by atoms with Gasteiger partial charge < -0.3 is 0 Å². The van der Waals surface area contributed by atoms with Crippen LogP contribution in [0.1, 0.15) is 20.3 Å². The minimum Gasteiger partial charge on any atom is -0.292 e. The number of hydrogen-bond acceptors (Lipinski definition) is 1. The van der Waals surface area contributed by atoms with E-state index < -0.39 is 6.36 Å². The molecule has 0 aromatic heterocycles. The number of alkyl halides is 3. The Kier molecular flexibility index (Phi) is 5.53. The monoisotopic (exact) mass is 208 g/mol. The zero-order valence-corrected chi connectivity index (χ0v) is 8.40. The molecule has 0 saturated heterocycles. The Hall–Kier alpha value is -0.770. The summed E-state index contributed by atoms with van der Waals surface area (Å²) in [4.78, 5) is 0. The van der Waals surface area contributed by atoms with Crippen molar-refractivity contribution in [3.63, 3.8) is 0 Å². The summed E-state index contributed by atoms with van der Waals surface area (Å²) in [6.07, 6.45) is -0.952. The zero-order chi connectivity index (χ0) is 11.2. The summed E-state index contributed by atoms with van der Waals surface area (Å²) in [6.45, 7) is 7.01. The lowest BCUT2D eigenvalue weighted by molar-refractivity contribution is -0.324. The van der Waals surface area contributed by atoms with Gasteiger partial charge in [-0.05, 0) is 12.3 Å². The summed E-state index contributed by atoms with van der Waals surface area (Å²) >= 11 is 0. The summed E-state index contributed by atoms with van der Waals surface area (Å²) in [7, 11) is 0. The Labute approximate surface area is 82.3 Å². The van der Waals surface area contributed by atoms with E-state index in [0.717, 1.165) is 5.57 Å². The number of ether oxygens (including phenoxy) is 1. The van der Waals surface area contributed by atoms with Crippen molar-refractivity contribution in [3.05, 3.63) is 24.3 Å². The Morgan fingerprint density at radius 3 is 2.36 bits per heavy atom. The number of hydrogen-bond donors (Lipinski definition) is 0. The molecular weight excluding hydrogens is 193 g/mol. The average Bonchev–Trinajstić information content (AvgIpc) is 2.00. The van der Waals surface area contributed by atoms with Gasteiger partial charge in [0.15, 0.2) is 0 Å². The summed E-state index contributed by atoms with van der Waals surface area (Å²) in [5, 5.41) is 0. The normalized spacial score (nSPS) is 13.4. The molecule has 0 radical (unpaired) electrons. The highest BCUT2D eigenvalue weighted by Gasteiger charge is 2.28. The highest BCUT2D eigenvalue weighted by Crippen LogP contribution is 2.19. The molecule has 0 aliphatic carbocycles. The minimum atomic E-state index is -4.53. The van der Waals surface area contributed by atoms with E-state index in [0.29, 0.717) is 0 Å². The van der Waals surface area contributed by atoms with Crippen LogP contribution in [0.4, 0.5) is 13.2 Å². The van der Waals surface area contributed by atoms with E-state index in [2.05, 4.69) is 11.3 Å². The van der Waals surface area contributed by atoms with Gasteiger partial charge in [0.2, 0.25) is 0 Å². The molecule has 14 heavy (non-hydrogen) atoms. The van der Waals surface area contributed by atoms with Crippen molar-refractivity contribution in [1.82, 2.24) is 0 Å². The van der Waals surface area contributed by atoms with Crippen molar-refractivity contribution in [1.29, 1.82) is 0 Å². The lowest BCUT2D eigenvalue weighted by Crippen LogP contribution is -2.15. The van der Waals surface area contributed by atoms with E-state index in [9.17, 15) is 13.2 Å². The molecule has 0 rings (SSSR count). The van der Waals surface area contributed by atoms with Crippen LogP contribution in [-0.2, 0) is 4.74 Å². The van der Waals surface area contributed by atoms with Crippen LogP contribution in [0.2, 0.25) is 0 Å². The second kappa shape index (κ2) is 5.86. The first-order valence-corrected chi connectivity index (χ1v) is 4.39. The van der Waals surface area contributed by atoms with Gasteiger partial charge in [0.1, 0.15) is 0 Å². The Bertz CT molecular complexity index is 204. The molecule has 1 nitrogen and oxygen atoms in total. The molecule has 0 heterocycles. The first kappa shape index (κ1) is 13.2. The maximum Gasteiger partial charge on any atom is 0.522 e. The molecule has 0 aromatic rings. The summed E-state index contributed by atoms with van der Waals surface area (Å²) < 4.78 is 38.6. The summed E-state index contributed by atoms with van der Waals surface area (Å²) in [5.41, 5.74) is 0.907. The molecule has 4 heteroatoms. The molecule has 0 amide bonds. The smallest absolute Gasteiger partial charge is 0.292 e. The van der Waals surface area contributed by atoms with Gasteiger partial charge in [0.05, 0.1) is 6.61 Å². The number of rotatable bonds is 5. The highest BCUT2D eigenvalue weighted by atomic mass is 19.4. The molecule has 0 bridgehead atoms. The van der Waals surface area contributed by atoms with Crippen LogP contribution in [0.3, 0.4) is 0 Å². The van der Waals surface area contributed by atoms with Crippen LogP contribution >= 0.6 is 0 Å². The van der Waals surface area contributed by atoms with E-state index in [1.807, 2.05) is 13.8 Å². The molecule has 0 atom stereocenters. The van der Waals surface area contributed by atoms with Gasteiger partial charge in [-0.3, -0.25) is 4.74 Å². The van der Waals surface area contributed by atoms with Crippen LogP contribution < -0.4 is 0 Å². The van der Waals surface area contributed by atoms with Gasteiger partial charge in [-0.1, -0.05) is 38.2 Å².